The number of nitrogens with one attached hydrogen (secondary N) is 1. The molecule has 8 heteroatoms. The van der Waals surface area contributed by atoms with Crippen LogP contribution in [0.3, 0.4) is 0 Å². The number of fused-ring (bicyclic) bond motifs is 1. The summed E-state index contributed by atoms with van der Waals surface area (Å²) in [6.07, 6.45) is 5.45. The van der Waals surface area contributed by atoms with Crippen LogP contribution in [0.2, 0.25) is 0 Å². The molecule has 0 unspecified atom stereocenters. The minimum Gasteiger partial charge on any atom is -0.496 e. The lowest BCUT2D eigenvalue weighted by Crippen LogP contribution is -2.38. The van der Waals surface area contributed by atoms with Gasteiger partial charge in [-0.05, 0) is 44.7 Å². The number of rotatable bonds is 5. The van der Waals surface area contributed by atoms with E-state index in [-0.39, 0.29) is 11.8 Å². The van der Waals surface area contributed by atoms with Gasteiger partial charge in [-0.3, -0.25) is 9.89 Å². The third-order valence-electron chi connectivity index (χ3n) is 6.80. The van der Waals surface area contributed by atoms with Gasteiger partial charge < -0.3 is 14.5 Å². The third kappa shape index (κ3) is 4.29. The maximum atomic E-state index is 12.6. The SMILES string of the molecule is COc1ccccc1CN1CCCc2c(C)nc(C3CCN(C(=O)c4ccn[nH]4)CC3)nc21. The summed E-state index contributed by atoms with van der Waals surface area (Å²) in [4.78, 5) is 26.9. The van der Waals surface area contributed by atoms with E-state index in [1.165, 1.54) is 5.56 Å². The second-order valence-electron chi connectivity index (χ2n) is 8.84. The first kappa shape index (κ1) is 21.4. The number of amides is 1. The van der Waals surface area contributed by atoms with Gasteiger partial charge in [0.2, 0.25) is 0 Å². The Labute approximate surface area is 194 Å². The van der Waals surface area contributed by atoms with Crippen molar-refractivity contribution in [3.05, 3.63) is 64.9 Å². The van der Waals surface area contributed by atoms with Crippen LogP contribution < -0.4 is 9.64 Å². The quantitative estimate of drug-likeness (QED) is 0.646. The van der Waals surface area contributed by atoms with Crippen molar-refractivity contribution in [2.45, 2.75) is 45.1 Å². The summed E-state index contributed by atoms with van der Waals surface area (Å²) in [5.74, 6) is 3.15. The van der Waals surface area contributed by atoms with Gasteiger partial charge in [-0.2, -0.15) is 5.10 Å². The lowest BCUT2D eigenvalue weighted by atomic mass is 9.94. The number of ether oxygens (including phenoxy) is 1. The van der Waals surface area contributed by atoms with Crippen molar-refractivity contribution in [3.8, 4) is 5.75 Å². The van der Waals surface area contributed by atoms with Crippen molar-refractivity contribution in [1.82, 2.24) is 25.1 Å². The Bertz CT molecular complexity index is 1120. The molecule has 1 aromatic carbocycles. The maximum absolute atomic E-state index is 12.6. The molecule has 2 aromatic heterocycles. The minimum absolute atomic E-state index is 0.0106. The van der Waals surface area contributed by atoms with E-state index in [2.05, 4.69) is 34.2 Å². The monoisotopic (exact) mass is 446 g/mol. The van der Waals surface area contributed by atoms with E-state index in [1.54, 1.807) is 19.4 Å². The molecule has 0 saturated carbocycles. The van der Waals surface area contributed by atoms with Crippen molar-refractivity contribution in [2.24, 2.45) is 0 Å². The molecule has 2 aliphatic heterocycles. The number of hydrogen-bond acceptors (Lipinski definition) is 6. The molecule has 5 rings (SSSR count). The molecule has 0 spiro atoms. The topological polar surface area (TPSA) is 87.2 Å². The van der Waals surface area contributed by atoms with Crippen LogP contribution in [0.1, 0.15) is 58.3 Å². The number of H-pyrrole nitrogens is 1. The normalized spacial score (nSPS) is 16.5. The van der Waals surface area contributed by atoms with E-state index in [0.29, 0.717) is 18.8 Å². The molecule has 172 valence electrons. The minimum atomic E-state index is 0.0106. The number of benzene rings is 1. The number of para-hydroxylation sites is 1. The summed E-state index contributed by atoms with van der Waals surface area (Å²) >= 11 is 0. The maximum Gasteiger partial charge on any atom is 0.271 e. The van der Waals surface area contributed by atoms with E-state index >= 15 is 0 Å². The van der Waals surface area contributed by atoms with Crippen molar-refractivity contribution in [2.75, 3.05) is 31.6 Å². The predicted octanol–water partition coefficient (Wildman–Crippen LogP) is 3.49. The molecule has 0 aliphatic carbocycles. The molecular formula is C25H30N6O2. The molecular weight excluding hydrogens is 416 g/mol. The molecule has 0 radical (unpaired) electrons. The second-order valence-corrected chi connectivity index (χ2v) is 8.84. The van der Waals surface area contributed by atoms with Crippen LogP contribution >= 0.6 is 0 Å². The molecule has 0 bridgehead atoms. The number of aromatic amines is 1. The van der Waals surface area contributed by atoms with Crippen molar-refractivity contribution in [1.29, 1.82) is 0 Å². The number of carbonyl (C=O) groups excluding carboxylic acids is 1. The lowest BCUT2D eigenvalue weighted by molar-refractivity contribution is 0.0705. The molecule has 3 aromatic rings. The number of nitrogens with zero attached hydrogens (tertiary/aromatic N) is 5. The van der Waals surface area contributed by atoms with E-state index in [1.807, 2.05) is 17.0 Å². The number of piperidine rings is 1. The Kier molecular flexibility index (Phi) is 5.98. The average molecular weight is 447 g/mol. The summed E-state index contributed by atoms with van der Waals surface area (Å²) < 4.78 is 5.58. The highest BCUT2D eigenvalue weighted by atomic mass is 16.5. The van der Waals surface area contributed by atoms with E-state index < -0.39 is 0 Å². The van der Waals surface area contributed by atoms with Crippen molar-refractivity contribution < 1.29 is 9.53 Å². The van der Waals surface area contributed by atoms with E-state index in [9.17, 15) is 4.79 Å². The van der Waals surface area contributed by atoms with Gasteiger partial charge in [-0.15, -0.1) is 0 Å². The Morgan fingerprint density at radius 1 is 1.15 bits per heavy atom. The Balaban J connectivity index is 1.35. The van der Waals surface area contributed by atoms with Gasteiger partial charge in [-0.25, -0.2) is 9.97 Å². The van der Waals surface area contributed by atoms with Crippen LogP contribution in [0.4, 0.5) is 5.82 Å². The van der Waals surface area contributed by atoms with Gasteiger partial charge in [0.1, 0.15) is 23.1 Å². The number of hydrogen-bond donors (Lipinski definition) is 1. The fourth-order valence-electron chi connectivity index (χ4n) is 4.97. The molecule has 1 saturated heterocycles. The fourth-order valence-corrected chi connectivity index (χ4v) is 4.97. The standard InChI is InChI=1S/C25H30N6O2/c1-17-20-7-5-13-31(16-19-6-3-4-8-22(19)33-2)24(20)28-23(27-17)18-10-14-30(15-11-18)25(32)21-9-12-26-29-21/h3-4,6,8-9,12,18H,5,7,10-11,13-16H2,1-2H3,(H,26,29). The summed E-state index contributed by atoms with van der Waals surface area (Å²) in [6.45, 7) is 5.25. The molecule has 0 atom stereocenters. The molecule has 1 N–H and O–H groups in total. The van der Waals surface area contributed by atoms with Crippen LogP contribution in [0.15, 0.2) is 36.5 Å². The number of likely N-dealkylation sites (tertiary alicyclic amines) is 1. The first-order valence-corrected chi connectivity index (χ1v) is 11.7. The van der Waals surface area contributed by atoms with Gasteiger partial charge in [0.05, 0.1) is 7.11 Å². The van der Waals surface area contributed by atoms with Crippen molar-refractivity contribution >= 4 is 11.7 Å². The zero-order chi connectivity index (χ0) is 22.8. The smallest absolute Gasteiger partial charge is 0.271 e. The van der Waals surface area contributed by atoms with Gasteiger partial charge in [0.15, 0.2) is 0 Å². The van der Waals surface area contributed by atoms with Gasteiger partial charge in [0, 0.05) is 55.1 Å². The number of anilines is 1. The molecule has 4 heterocycles. The summed E-state index contributed by atoms with van der Waals surface area (Å²) in [5.41, 5.74) is 4.04. The van der Waals surface area contributed by atoms with Gasteiger partial charge >= 0.3 is 0 Å². The Morgan fingerprint density at radius 2 is 1.97 bits per heavy atom. The number of carbonyl (C=O) groups is 1. The first-order valence-electron chi connectivity index (χ1n) is 11.7. The molecule has 1 fully saturated rings. The van der Waals surface area contributed by atoms with Crippen LogP contribution in [0, 0.1) is 6.92 Å². The first-order chi connectivity index (χ1) is 16.1. The predicted molar refractivity (Wildman–Crippen MR) is 126 cm³/mol. The molecule has 8 nitrogen and oxygen atoms in total. The van der Waals surface area contributed by atoms with Crippen LogP contribution in [0.25, 0.3) is 0 Å². The van der Waals surface area contributed by atoms with E-state index in [0.717, 1.165) is 67.4 Å². The zero-order valence-electron chi connectivity index (χ0n) is 19.3. The lowest BCUT2D eigenvalue weighted by Gasteiger charge is -2.34. The number of aryl methyl sites for hydroxylation is 1. The van der Waals surface area contributed by atoms with Crippen LogP contribution in [-0.2, 0) is 13.0 Å². The van der Waals surface area contributed by atoms with Gasteiger partial charge in [-0.1, -0.05) is 18.2 Å². The van der Waals surface area contributed by atoms with E-state index in [4.69, 9.17) is 14.7 Å². The molecule has 1 amide bonds. The Morgan fingerprint density at radius 3 is 2.73 bits per heavy atom. The fraction of sp³-hybridized carbons (Fsp3) is 0.440. The molecule has 33 heavy (non-hydrogen) atoms. The van der Waals surface area contributed by atoms with Crippen molar-refractivity contribution in [3.63, 3.8) is 0 Å². The number of methoxy groups -OCH3 is 1. The number of aromatic nitrogens is 4. The highest BCUT2D eigenvalue weighted by molar-refractivity contribution is 5.92. The average Bonchev–Trinajstić information content (AvgIpc) is 3.39. The Hall–Kier alpha value is -3.42. The third-order valence-corrected chi connectivity index (χ3v) is 6.80. The summed E-state index contributed by atoms with van der Waals surface area (Å²) in [5, 5.41) is 6.67. The summed E-state index contributed by atoms with van der Waals surface area (Å²) in [7, 11) is 1.72. The zero-order valence-corrected chi connectivity index (χ0v) is 19.3. The highest BCUT2D eigenvalue weighted by Crippen LogP contribution is 2.34. The largest absolute Gasteiger partial charge is 0.496 e. The van der Waals surface area contributed by atoms with Crippen LogP contribution in [0.5, 0.6) is 5.75 Å². The molecule has 2 aliphatic rings. The van der Waals surface area contributed by atoms with Crippen LogP contribution in [-0.4, -0.2) is 57.7 Å². The summed E-state index contributed by atoms with van der Waals surface area (Å²) in [6, 6.07) is 9.91. The van der Waals surface area contributed by atoms with Gasteiger partial charge in [0.25, 0.3) is 5.91 Å². The second kappa shape index (κ2) is 9.21. The highest BCUT2D eigenvalue weighted by Gasteiger charge is 2.29.